The molecule has 17 heavy (non-hydrogen) atoms. The lowest BCUT2D eigenvalue weighted by Crippen LogP contribution is -2.29. The summed E-state index contributed by atoms with van der Waals surface area (Å²) < 4.78 is 2.03. The Bertz CT molecular complexity index is 453. The number of anilines is 1. The zero-order valence-electron chi connectivity index (χ0n) is 9.92. The standard InChI is InChI=1S/C14H17N3/c1-2-9-16(10-3-1)13-4-6-14(7-5-13)17-11-8-15-12-17/h4-8,11-12H,1-3,9-10H2. The van der Waals surface area contributed by atoms with Gasteiger partial charge in [-0.1, -0.05) is 0 Å². The molecule has 1 saturated heterocycles. The molecule has 88 valence electrons. The molecular weight excluding hydrogens is 210 g/mol. The number of piperidine rings is 1. The summed E-state index contributed by atoms with van der Waals surface area (Å²) in [5.74, 6) is 0. The topological polar surface area (TPSA) is 21.1 Å². The van der Waals surface area contributed by atoms with Crippen LogP contribution in [-0.4, -0.2) is 22.6 Å². The summed E-state index contributed by atoms with van der Waals surface area (Å²) in [6, 6.07) is 8.73. The van der Waals surface area contributed by atoms with Crippen molar-refractivity contribution in [3.63, 3.8) is 0 Å². The third kappa shape index (κ3) is 2.18. The molecule has 1 aliphatic rings. The Balaban J connectivity index is 1.80. The third-order valence-corrected chi connectivity index (χ3v) is 3.37. The van der Waals surface area contributed by atoms with Crippen LogP contribution in [-0.2, 0) is 0 Å². The van der Waals surface area contributed by atoms with Crippen molar-refractivity contribution in [1.29, 1.82) is 0 Å². The molecule has 0 saturated carbocycles. The summed E-state index contributed by atoms with van der Waals surface area (Å²) in [5.41, 5.74) is 2.51. The van der Waals surface area contributed by atoms with E-state index in [9.17, 15) is 0 Å². The summed E-state index contributed by atoms with van der Waals surface area (Å²) in [6.07, 6.45) is 9.63. The number of hydrogen-bond donors (Lipinski definition) is 0. The van der Waals surface area contributed by atoms with E-state index in [1.165, 1.54) is 43.7 Å². The maximum atomic E-state index is 4.06. The smallest absolute Gasteiger partial charge is 0.0991 e. The van der Waals surface area contributed by atoms with Crippen molar-refractivity contribution in [1.82, 2.24) is 9.55 Å². The van der Waals surface area contributed by atoms with Crippen LogP contribution in [0.25, 0.3) is 5.69 Å². The summed E-state index contributed by atoms with van der Waals surface area (Å²) in [4.78, 5) is 6.54. The van der Waals surface area contributed by atoms with Gasteiger partial charge in [0.25, 0.3) is 0 Å². The van der Waals surface area contributed by atoms with Crippen molar-refractivity contribution in [2.75, 3.05) is 18.0 Å². The Kier molecular flexibility index (Phi) is 2.82. The molecule has 3 heteroatoms. The number of nitrogens with zero attached hydrogens (tertiary/aromatic N) is 3. The molecule has 1 aromatic carbocycles. The number of imidazole rings is 1. The van der Waals surface area contributed by atoms with Crippen molar-refractivity contribution in [2.45, 2.75) is 19.3 Å². The highest BCUT2D eigenvalue weighted by atomic mass is 15.1. The van der Waals surface area contributed by atoms with Crippen LogP contribution in [0, 0.1) is 0 Å². The third-order valence-electron chi connectivity index (χ3n) is 3.37. The predicted octanol–water partition coefficient (Wildman–Crippen LogP) is 2.86. The molecule has 0 N–H and O–H groups in total. The van der Waals surface area contributed by atoms with Gasteiger partial charge in [0.15, 0.2) is 0 Å². The largest absolute Gasteiger partial charge is 0.372 e. The Morgan fingerprint density at radius 3 is 2.24 bits per heavy atom. The van der Waals surface area contributed by atoms with Crippen molar-refractivity contribution < 1.29 is 0 Å². The predicted molar refractivity (Wildman–Crippen MR) is 69.6 cm³/mol. The number of rotatable bonds is 2. The molecule has 2 aromatic rings. The van der Waals surface area contributed by atoms with Crippen LogP contribution in [0.1, 0.15) is 19.3 Å². The minimum Gasteiger partial charge on any atom is -0.372 e. The Morgan fingerprint density at radius 2 is 1.59 bits per heavy atom. The van der Waals surface area contributed by atoms with E-state index in [0.29, 0.717) is 0 Å². The van der Waals surface area contributed by atoms with E-state index in [1.807, 2.05) is 17.1 Å². The molecule has 0 radical (unpaired) electrons. The molecule has 0 atom stereocenters. The van der Waals surface area contributed by atoms with Gasteiger partial charge in [0.2, 0.25) is 0 Å². The lowest BCUT2D eigenvalue weighted by atomic mass is 10.1. The number of aromatic nitrogens is 2. The van der Waals surface area contributed by atoms with E-state index in [0.717, 1.165) is 0 Å². The molecule has 3 rings (SSSR count). The second-order valence-electron chi connectivity index (χ2n) is 4.53. The second kappa shape index (κ2) is 4.62. The minimum absolute atomic E-state index is 1.17. The minimum atomic E-state index is 1.17. The van der Waals surface area contributed by atoms with Crippen LogP contribution >= 0.6 is 0 Å². The van der Waals surface area contributed by atoms with Gasteiger partial charge < -0.3 is 9.47 Å². The van der Waals surface area contributed by atoms with Gasteiger partial charge in [-0.05, 0) is 43.5 Å². The highest BCUT2D eigenvalue weighted by Crippen LogP contribution is 2.21. The fraction of sp³-hybridized carbons (Fsp3) is 0.357. The zero-order chi connectivity index (χ0) is 11.5. The molecule has 0 bridgehead atoms. The molecule has 2 heterocycles. The Hall–Kier alpha value is -1.77. The van der Waals surface area contributed by atoms with Crippen LogP contribution < -0.4 is 4.90 Å². The van der Waals surface area contributed by atoms with Crippen LogP contribution in [0.3, 0.4) is 0 Å². The Morgan fingerprint density at radius 1 is 0.882 bits per heavy atom. The SMILES string of the molecule is c1cn(-c2ccc(N3CCCCC3)cc2)cn1. The van der Waals surface area contributed by atoms with Crippen LogP contribution in [0.4, 0.5) is 5.69 Å². The average Bonchev–Trinajstić information content (AvgIpc) is 2.94. The van der Waals surface area contributed by atoms with E-state index in [2.05, 4.69) is 34.1 Å². The summed E-state index contributed by atoms with van der Waals surface area (Å²) in [7, 11) is 0. The van der Waals surface area contributed by atoms with Gasteiger partial charge in [0.1, 0.15) is 0 Å². The summed E-state index contributed by atoms with van der Waals surface area (Å²) in [5, 5.41) is 0. The van der Waals surface area contributed by atoms with E-state index >= 15 is 0 Å². The monoisotopic (exact) mass is 227 g/mol. The first-order valence-electron chi connectivity index (χ1n) is 6.27. The number of benzene rings is 1. The van der Waals surface area contributed by atoms with E-state index < -0.39 is 0 Å². The maximum absolute atomic E-state index is 4.06. The van der Waals surface area contributed by atoms with Gasteiger partial charge in [-0.15, -0.1) is 0 Å². The molecule has 0 amide bonds. The Labute approximate surface area is 102 Å². The van der Waals surface area contributed by atoms with Gasteiger partial charge in [0.05, 0.1) is 6.33 Å². The molecule has 0 unspecified atom stereocenters. The van der Waals surface area contributed by atoms with Gasteiger partial charge in [-0.3, -0.25) is 0 Å². The van der Waals surface area contributed by atoms with Gasteiger partial charge in [0, 0.05) is 36.9 Å². The first kappa shape index (κ1) is 10.4. The summed E-state index contributed by atoms with van der Waals surface area (Å²) in [6.45, 7) is 2.40. The molecule has 1 aliphatic heterocycles. The van der Waals surface area contributed by atoms with Crippen LogP contribution in [0.5, 0.6) is 0 Å². The molecule has 1 aromatic heterocycles. The molecular formula is C14H17N3. The normalized spacial score (nSPS) is 16.1. The zero-order valence-corrected chi connectivity index (χ0v) is 9.92. The molecule has 1 fully saturated rings. The highest BCUT2D eigenvalue weighted by Gasteiger charge is 2.10. The van der Waals surface area contributed by atoms with Crippen molar-refractivity contribution >= 4 is 5.69 Å². The lowest BCUT2D eigenvalue weighted by molar-refractivity contribution is 0.578. The second-order valence-corrected chi connectivity index (χ2v) is 4.53. The first-order valence-corrected chi connectivity index (χ1v) is 6.27. The fourth-order valence-corrected chi connectivity index (χ4v) is 2.40. The van der Waals surface area contributed by atoms with E-state index in [1.54, 1.807) is 6.20 Å². The van der Waals surface area contributed by atoms with Crippen LogP contribution in [0.15, 0.2) is 43.0 Å². The van der Waals surface area contributed by atoms with Crippen molar-refractivity contribution in [3.8, 4) is 5.69 Å². The van der Waals surface area contributed by atoms with Gasteiger partial charge in [-0.25, -0.2) is 4.98 Å². The van der Waals surface area contributed by atoms with Gasteiger partial charge >= 0.3 is 0 Å². The van der Waals surface area contributed by atoms with Crippen molar-refractivity contribution in [3.05, 3.63) is 43.0 Å². The van der Waals surface area contributed by atoms with E-state index in [4.69, 9.17) is 0 Å². The average molecular weight is 227 g/mol. The highest BCUT2D eigenvalue weighted by molar-refractivity contribution is 5.51. The molecule has 0 aliphatic carbocycles. The fourth-order valence-electron chi connectivity index (χ4n) is 2.40. The first-order chi connectivity index (χ1) is 8.43. The van der Waals surface area contributed by atoms with Gasteiger partial charge in [-0.2, -0.15) is 0 Å². The number of hydrogen-bond acceptors (Lipinski definition) is 2. The van der Waals surface area contributed by atoms with Crippen LogP contribution in [0.2, 0.25) is 0 Å². The summed E-state index contributed by atoms with van der Waals surface area (Å²) >= 11 is 0. The van der Waals surface area contributed by atoms with E-state index in [-0.39, 0.29) is 0 Å². The quantitative estimate of drug-likeness (QED) is 0.786. The van der Waals surface area contributed by atoms with Crippen molar-refractivity contribution in [2.24, 2.45) is 0 Å². The molecule has 3 nitrogen and oxygen atoms in total. The maximum Gasteiger partial charge on any atom is 0.0991 e. The molecule has 0 spiro atoms. The lowest BCUT2D eigenvalue weighted by Gasteiger charge is -2.28.